The van der Waals surface area contributed by atoms with Crippen LogP contribution in [-0.2, 0) is 11.3 Å². The summed E-state index contributed by atoms with van der Waals surface area (Å²) in [7, 11) is 0. The molecule has 0 spiro atoms. The van der Waals surface area contributed by atoms with E-state index in [2.05, 4.69) is 4.99 Å². The number of nitrogens with zero attached hydrogens (tertiary/aromatic N) is 2. The number of rotatable bonds is 1. The van der Waals surface area contributed by atoms with Gasteiger partial charge in [0.2, 0.25) is 5.91 Å². The Labute approximate surface area is 93.8 Å². The fourth-order valence-corrected chi connectivity index (χ4v) is 2.44. The summed E-state index contributed by atoms with van der Waals surface area (Å²) in [5, 5.41) is 0. The van der Waals surface area contributed by atoms with Gasteiger partial charge in [0.1, 0.15) is 11.9 Å². The monoisotopic (exact) mass is 215 g/mol. The van der Waals surface area contributed by atoms with Crippen LogP contribution in [0.15, 0.2) is 29.3 Å². The van der Waals surface area contributed by atoms with Crippen molar-refractivity contribution in [2.75, 3.05) is 0 Å². The van der Waals surface area contributed by atoms with E-state index in [-0.39, 0.29) is 11.9 Å². The Morgan fingerprint density at radius 2 is 2.25 bits per heavy atom. The highest BCUT2D eigenvalue weighted by Gasteiger charge is 2.35. The summed E-state index contributed by atoms with van der Waals surface area (Å²) < 4.78 is 0. The standard InChI is InChI=1S/C12H13N3O/c13-12(16)10-5-6-11-14-9-4-2-1-3-8(9)7-15(10)11/h1-4,10H,5-7H2,(H2,13,16)/t10-/m0/s1. The van der Waals surface area contributed by atoms with Crippen molar-refractivity contribution in [2.24, 2.45) is 10.7 Å². The molecule has 4 nitrogen and oxygen atoms in total. The van der Waals surface area contributed by atoms with Gasteiger partial charge in [0.15, 0.2) is 0 Å². The predicted octanol–water partition coefficient (Wildman–Crippen LogP) is 1.18. The number of aliphatic imine (C=N–C) groups is 1. The van der Waals surface area contributed by atoms with Crippen LogP contribution in [0.5, 0.6) is 0 Å². The number of carbonyl (C=O) groups excluding carboxylic acids is 1. The van der Waals surface area contributed by atoms with Crippen LogP contribution in [0.3, 0.4) is 0 Å². The van der Waals surface area contributed by atoms with Crippen molar-refractivity contribution in [3.05, 3.63) is 29.8 Å². The molecule has 82 valence electrons. The minimum absolute atomic E-state index is 0.174. The number of amidine groups is 1. The van der Waals surface area contributed by atoms with Gasteiger partial charge in [-0.05, 0) is 18.1 Å². The van der Waals surface area contributed by atoms with E-state index in [1.165, 1.54) is 5.56 Å². The average Bonchev–Trinajstić information content (AvgIpc) is 2.68. The quantitative estimate of drug-likeness (QED) is 0.764. The summed E-state index contributed by atoms with van der Waals surface area (Å²) in [5.74, 6) is 0.757. The molecular formula is C12H13N3O. The molecule has 2 aliphatic rings. The summed E-state index contributed by atoms with van der Waals surface area (Å²) in [6.45, 7) is 0.753. The van der Waals surface area contributed by atoms with Crippen molar-refractivity contribution < 1.29 is 4.79 Å². The Morgan fingerprint density at radius 1 is 1.44 bits per heavy atom. The molecule has 2 aliphatic heterocycles. The zero-order chi connectivity index (χ0) is 11.1. The SMILES string of the molecule is NC(=O)[C@@H]1CCC2=Nc3ccccc3CN21. The molecular weight excluding hydrogens is 202 g/mol. The van der Waals surface area contributed by atoms with Crippen LogP contribution in [0, 0.1) is 0 Å². The van der Waals surface area contributed by atoms with Gasteiger partial charge in [0.05, 0.1) is 5.69 Å². The molecule has 1 fully saturated rings. The molecule has 3 rings (SSSR count). The van der Waals surface area contributed by atoms with E-state index in [1.54, 1.807) is 0 Å². The highest BCUT2D eigenvalue weighted by Crippen LogP contribution is 2.32. The van der Waals surface area contributed by atoms with Gasteiger partial charge >= 0.3 is 0 Å². The Bertz CT molecular complexity index is 481. The molecule has 0 unspecified atom stereocenters. The van der Waals surface area contributed by atoms with Gasteiger partial charge in [-0.15, -0.1) is 0 Å². The maximum atomic E-state index is 11.3. The van der Waals surface area contributed by atoms with E-state index in [0.717, 1.165) is 30.9 Å². The van der Waals surface area contributed by atoms with E-state index in [9.17, 15) is 4.79 Å². The van der Waals surface area contributed by atoms with Crippen molar-refractivity contribution >= 4 is 17.4 Å². The van der Waals surface area contributed by atoms with E-state index in [0.29, 0.717) is 0 Å². The van der Waals surface area contributed by atoms with Gasteiger partial charge in [-0.2, -0.15) is 0 Å². The van der Waals surface area contributed by atoms with Crippen LogP contribution in [0.4, 0.5) is 5.69 Å². The van der Waals surface area contributed by atoms with Gasteiger partial charge < -0.3 is 10.6 Å². The lowest BCUT2D eigenvalue weighted by Crippen LogP contribution is -2.42. The lowest BCUT2D eigenvalue weighted by Gasteiger charge is -2.28. The first-order valence-electron chi connectivity index (χ1n) is 5.47. The Hall–Kier alpha value is -1.84. The molecule has 0 radical (unpaired) electrons. The van der Waals surface area contributed by atoms with Gasteiger partial charge in [0, 0.05) is 13.0 Å². The number of primary amides is 1. The highest BCUT2D eigenvalue weighted by atomic mass is 16.1. The summed E-state index contributed by atoms with van der Waals surface area (Å²) in [6, 6.07) is 7.86. The topological polar surface area (TPSA) is 58.7 Å². The molecule has 0 aromatic heterocycles. The van der Waals surface area contributed by atoms with E-state index < -0.39 is 0 Å². The summed E-state index contributed by atoms with van der Waals surface area (Å²) >= 11 is 0. The molecule has 0 saturated carbocycles. The molecule has 1 atom stereocenters. The Balaban J connectivity index is 2.00. The molecule has 1 aromatic carbocycles. The van der Waals surface area contributed by atoms with Crippen LogP contribution >= 0.6 is 0 Å². The van der Waals surface area contributed by atoms with Gasteiger partial charge in [-0.3, -0.25) is 4.79 Å². The molecule has 16 heavy (non-hydrogen) atoms. The minimum atomic E-state index is -0.246. The first kappa shape index (κ1) is 9.39. The number of fused-ring (bicyclic) bond motifs is 2. The second kappa shape index (κ2) is 3.33. The molecule has 4 heteroatoms. The molecule has 0 aliphatic carbocycles. The number of nitrogens with two attached hydrogens (primary N) is 1. The third-order valence-corrected chi connectivity index (χ3v) is 3.26. The number of benzene rings is 1. The van der Waals surface area contributed by atoms with Gasteiger partial charge in [-0.25, -0.2) is 4.99 Å². The first-order valence-corrected chi connectivity index (χ1v) is 5.47. The number of carbonyl (C=O) groups is 1. The Kier molecular flexibility index (Phi) is 1.96. The normalized spacial score (nSPS) is 22.4. The predicted molar refractivity (Wildman–Crippen MR) is 61.3 cm³/mol. The number of para-hydroxylation sites is 1. The third-order valence-electron chi connectivity index (χ3n) is 3.26. The zero-order valence-corrected chi connectivity index (χ0v) is 8.89. The Morgan fingerprint density at radius 3 is 3.06 bits per heavy atom. The van der Waals surface area contributed by atoms with Crippen LogP contribution < -0.4 is 5.73 Å². The zero-order valence-electron chi connectivity index (χ0n) is 8.89. The van der Waals surface area contributed by atoms with Crippen molar-refractivity contribution in [2.45, 2.75) is 25.4 Å². The summed E-state index contributed by atoms with van der Waals surface area (Å²) in [4.78, 5) is 17.9. The second-order valence-electron chi connectivity index (χ2n) is 4.24. The van der Waals surface area contributed by atoms with Crippen LogP contribution in [0.2, 0.25) is 0 Å². The third kappa shape index (κ3) is 1.30. The molecule has 1 saturated heterocycles. The van der Waals surface area contributed by atoms with Crippen LogP contribution in [0.25, 0.3) is 0 Å². The lowest BCUT2D eigenvalue weighted by molar-refractivity contribution is -0.121. The molecule has 1 aromatic rings. The average molecular weight is 215 g/mol. The van der Waals surface area contributed by atoms with Crippen molar-refractivity contribution in [3.63, 3.8) is 0 Å². The molecule has 1 amide bonds. The highest BCUT2D eigenvalue weighted by molar-refractivity contribution is 5.95. The first-order chi connectivity index (χ1) is 7.75. The van der Waals surface area contributed by atoms with Crippen molar-refractivity contribution in [1.82, 2.24) is 4.90 Å². The second-order valence-corrected chi connectivity index (χ2v) is 4.24. The van der Waals surface area contributed by atoms with E-state index in [1.807, 2.05) is 29.2 Å². The summed E-state index contributed by atoms with van der Waals surface area (Å²) in [6.07, 6.45) is 1.64. The lowest BCUT2D eigenvalue weighted by atomic mass is 10.1. The largest absolute Gasteiger partial charge is 0.368 e. The molecule has 0 bridgehead atoms. The maximum absolute atomic E-state index is 11.3. The minimum Gasteiger partial charge on any atom is -0.368 e. The van der Waals surface area contributed by atoms with Crippen LogP contribution in [0.1, 0.15) is 18.4 Å². The number of hydrogen-bond donors (Lipinski definition) is 1. The van der Waals surface area contributed by atoms with Crippen molar-refractivity contribution in [3.8, 4) is 0 Å². The fraction of sp³-hybridized carbons (Fsp3) is 0.333. The van der Waals surface area contributed by atoms with Crippen LogP contribution in [-0.4, -0.2) is 22.7 Å². The van der Waals surface area contributed by atoms with E-state index in [4.69, 9.17) is 5.73 Å². The van der Waals surface area contributed by atoms with E-state index >= 15 is 0 Å². The summed E-state index contributed by atoms with van der Waals surface area (Å²) in [5.41, 5.74) is 7.58. The fourth-order valence-electron chi connectivity index (χ4n) is 2.44. The molecule has 2 heterocycles. The molecule has 2 N–H and O–H groups in total. The number of hydrogen-bond acceptors (Lipinski definition) is 3. The maximum Gasteiger partial charge on any atom is 0.240 e. The smallest absolute Gasteiger partial charge is 0.240 e. The van der Waals surface area contributed by atoms with Crippen molar-refractivity contribution in [1.29, 1.82) is 0 Å². The van der Waals surface area contributed by atoms with Gasteiger partial charge in [0.25, 0.3) is 0 Å². The van der Waals surface area contributed by atoms with Gasteiger partial charge in [-0.1, -0.05) is 18.2 Å². The number of amides is 1.